The molecule has 2 rings (SSSR count). The van der Waals surface area contributed by atoms with Crippen LogP contribution in [0.2, 0.25) is 0 Å². The summed E-state index contributed by atoms with van der Waals surface area (Å²) in [6.07, 6.45) is 0. The van der Waals surface area contributed by atoms with Gasteiger partial charge in [0.15, 0.2) is 0 Å². The van der Waals surface area contributed by atoms with Crippen LogP contribution in [0, 0.1) is 5.41 Å². The topological polar surface area (TPSA) is 64.3 Å². The molecule has 106 valence electrons. The van der Waals surface area contributed by atoms with Crippen molar-refractivity contribution in [3.05, 3.63) is 40.9 Å². The summed E-state index contributed by atoms with van der Waals surface area (Å²) in [5.74, 6) is 5.62. The summed E-state index contributed by atoms with van der Waals surface area (Å²) in [7, 11) is 0. The molecule has 0 aromatic heterocycles. The highest BCUT2D eigenvalue weighted by molar-refractivity contribution is 9.10. The van der Waals surface area contributed by atoms with Crippen LogP contribution in [0.5, 0.6) is 5.75 Å². The molecule has 0 saturated carbocycles. The zero-order valence-electron chi connectivity index (χ0n) is 11.4. The summed E-state index contributed by atoms with van der Waals surface area (Å²) < 4.78 is 6.66. The first kappa shape index (κ1) is 14.8. The fourth-order valence-corrected chi connectivity index (χ4v) is 2.45. The van der Waals surface area contributed by atoms with Gasteiger partial charge >= 0.3 is 0 Å². The Bertz CT molecular complexity index is 641. The van der Waals surface area contributed by atoms with E-state index in [1.807, 2.05) is 36.4 Å². The lowest BCUT2D eigenvalue weighted by Crippen LogP contribution is -2.44. The molecule has 0 spiro atoms. The van der Waals surface area contributed by atoms with Crippen molar-refractivity contribution in [1.29, 1.82) is 0 Å². The highest BCUT2D eigenvalue weighted by Crippen LogP contribution is 2.33. The van der Waals surface area contributed by atoms with E-state index < -0.39 is 5.41 Å². The minimum atomic E-state index is -0.695. The van der Waals surface area contributed by atoms with Gasteiger partial charge in [-0.05, 0) is 46.6 Å². The van der Waals surface area contributed by atoms with E-state index in [2.05, 4.69) is 21.4 Å². The van der Waals surface area contributed by atoms with Crippen molar-refractivity contribution in [2.24, 2.45) is 11.3 Å². The van der Waals surface area contributed by atoms with E-state index in [1.165, 1.54) is 0 Å². The van der Waals surface area contributed by atoms with Crippen LogP contribution in [0.3, 0.4) is 0 Å². The number of carbonyl (C=O) groups excluding carboxylic acids is 1. The van der Waals surface area contributed by atoms with Crippen molar-refractivity contribution in [2.45, 2.75) is 13.8 Å². The van der Waals surface area contributed by atoms with Crippen molar-refractivity contribution < 1.29 is 9.53 Å². The molecule has 0 saturated heterocycles. The number of rotatable bonds is 4. The second-order valence-electron chi connectivity index (χ2n) is 5.24. The maximum absolute atomic E-state index is 11.6. The number of hydrogen-bond donors (Lipinski definition) is 2. The third kappa shape index (κ3) is 2.94. The first-order valence-corrected chi connectivity index (χ1v) is 7.06. The van der Waals surface area contributed by atoms with Crippen LogP contribution in [0.4, 0.5) is 0 Å². The molecule has 20 heavy (non-hydrogen) atoms. The summed E-state index contributed by atoms with van der Waals surface area (Å²) in [5.41, 5.74) is 1.46. The van der Waals surface area contributed by atoms with E-state index >= 15 is 0 Å². The first-order valence-electron chi connectivity index (χ1n) is 6.27. The van der Waals surface area contributed by atoms with Gasteiger partial charge in [-0.2, -0.15) is 0 Å². The van der Waals surface area contributed by atoms with Crippen molar-refractivity contribution in [3.63, 3.8) is 0 Å². The fraction of sp³-hybridized carbons (Fsp3) is 0.267. The van der Waals surface area contributed by atoms with E-state index in [0.717, 1.165) is 15.2 Å². The molecule has 0 unspecified atom stereocenters. The number of ether oxygens (including phenoxy) is 1. The average molecular weight is 337 g/mol. The number of nitrogens with one attached hydrogen (secondary N) is 1. The normalized spacial score (nSPS) is 11.4. The number of hydrazine groups is 1. The van der Waals surface area contributed by atoms with Gasteiger partial charge in [0, 0.05) is 0 Å². The van der Waals surface area contributed by atoms with Crippen molar-refractivity contribution in [1.82, 2.24) is 5.43 Å². The fourth-order valence-electron chi connectivity index (χ4n) is 1.84. The lowest BCUT2D eigenvalue weighted by molar-refractivity contribution is -0.130. The first-order chi connectivity index (χ1) is 9.45. The van der Waals surface area contributed by atoms with Gasteiger partial charge in [-0.3, -0.25) is 10.2 Å². The Morgan fingerprint density at radius 2 is 2.00 bits per heavy atom. The molecule has 0 atom stereocenters. The predicted molar refractivity (Wildman–Crippen MR) is 83.3 cm³/mol. The van der Waals surface area contributed by atoms with Gasteiger partial charge in [-0.25, -0.2) is 5.84 Å². The Morgan fingerprint density at radius 1 is 1.30 bits per heavy atom. The summed E-state index contributed by atoms with van der Waals surface area (Å²) in [5, 5.41) is 2.21. The summed E-state index contributed by atoms with van der Waals surface area (Å²) in [4.78, 5) is 11.6. The van der Waals surface area contributed by atoms with Gasteiger partial charge in [-0.1, -0.05) is 30.3 Å². The standard InChI is InChI=1S/C15H17BrN2O2/c1-15(2,14(19)18-17)9-20-12-8-7-10-5-3-4-6-11(10)13(12)16/h3-8H,9,17H2,1-2H3,(H,18,19). The molecule has 3 N–H and O–H groups in total. The van der Waals surface area contributed by atoms with Crippen LogP contribution >= 0.6 is 15.9 Å². The lowest BCUT2D eigenvalue weighted by atomic mass is 9.94. The lowest BCUT2D eigenvalue weighted by Gasteiger charge is -2.23. The van der Waals surface area contributed by atoms with E-state index in [0.29, 0.717) is 5.75 Å². The van der Waals surface area contributed by atoms with Crippen molar-refractivity contribution in [2.75, 3.05) is 6.61 Å². The van der Waals surface area contributed by atoms with Crippen molar-refractivity contribution >= 4 is 32.6 Å². The monoisotopic (exact) mass is 336 g/mol. The molecule has 0 fully saturated rings. The molecule has 2 aromatic carbocycles. The van der Waals surface area contributed by atoms with Gasteiger partial charge in [0.2, 0.25) is 5.91 Å². The Balaban J connectivity index is 2.23. The van der Waals surface area contributed by atoms with Crippen LogP contribution < -0.4 is 16.0 Å². The molecule has 4 nitrogen and oxygen atoms in total. The number of carbonyl (C=O) groups is 1. The molecular formula is C15H17BrN2O2. The minimum Gasteiger partial charge on any atom is -0.491 e. The molecule has 1 amide bonds. The largest absolute Gasteiger partial charge is 0.491 e. The summed E-state index contributed by atoms with van der Waals surface area (Å²) in [6, 6.07) is 11.9. The average Bonchev–Trinajstić information content (AvgIpc) is 2.46. The van der Waals surface area contributed by atoms with Crippen LogP contribution in [-0.4, -0.2) is 12.5 Å². The third-order valence-electron chi connectivity index (χ3n) is 3.16. The number of hydrogen-bond acceptors (Lipinski definition) is 3. The van der Waals surface area contributed by atoms with Crippen LogP contribution in [-0.2, 0) is 4.79 Å². The SMILES string of the molecule is CC(C)(COc1ccc2ccccc2c1Br)C(=O)NN. The highest BCUT2D eigenvalue weighted by atomic mass is 79.9. The molecule has 0 bridgehead atoms. The van der Waals surface area contributed by atoms with Gasteiger partial charge in [0.1, 0.15) is 12.4 Å². The molecule has 0 aliphatic rings. The quantitative estimate of drug-likeness (QED) is 0.512. The number of benzene rings is 2. The smallest absolute Gasteiger partial charge is 0.242 e. The van der Waals surface area contributed by atoms with E-state index in [4.69, 9.17) is 10.6 Å². The van der Waals surface area contributed by atoms with Gasteiger partial charge < -0.3 is 4.74 Å². The number of halogens is 1. The Hall–Kier alpha value is -1.59. The Morgan fingerprint density at radius 3 is 2.70 bits per heavy atom. The maximum atomic E-state index is 11.6. The Kier molecular flexibility index (Phi) is 4.30. The molecular weight excluding hydrogens is 320 g/mol. The minimum absolute atomic E-state index is 0.243. The molecule has 0 heterocycles. The Labute approximate surface area is 126 Å². The summed E-state index contributed by atoms with van der Waals surface area (Å²) in [6.45, 7) is 3.81. The number of nitrogens with two attached hydrogens (primary N) is 1. The van der Waals surface area contributed by atoms with Crippen LogP contribution in [0.1, 0.15) is 13.8 Å². The molecule has 5 heteroatoms. The van der Waals surface area contributed by atoms with E-state index in [-0.39, 0.29) is 12.5 Å². The zero-order chi connectivity index (χ0) is 14.8. The van der Waals surface area contributed by atoms with Gasteiger partial charge in [0.25, 0.3) is 0 Å². The maximum Gasteiger partial charge on any atom is 0.242 e. The highest BCUT2D eigenvalue weighted by Gasteiger charge is 2.28. The second kappa shape index (κ2) is 5.81. The van der Waals surface area contributed by atoms with Crippen molar-refractivity contribution in [3.8, 4) is 5.75 Å². The molecule has 0 aliphatic carbocycles. The molecule has 0 aliphatic heterocycles. The predicted octanol–water partition coefficient (Wildman–Crippen LogP) is 3.00. The van der Waals surface area contributed by atoms with Crippen LogP contribution in [0.15, 0.2) is 40.9 Å². The number of amides is 1. The number of fused-ring (bicyclic) bond motifs is 1. The van der Waals surface area contributed by atoms with Gasteiger partial charge in [0.05, 0.1) is 9.89 Å². The molecule has 2 aromatic rings. The van der Waals surface area contributed by atoms with E-state index in [9.17, 15) is 4.79 Å². The second-order valence-corrected chi connectivity index (χ2v) is 6.04. The summed E-state index contributed by atoms with van der Waals surface area (Å²) >= 11 is 3.55. The van der Waals surface area contributed by atoms with E-state index in [1.54, 1.807) is 13.8 Å². The molecule has 0 radical (unpaired) electrons. The third-order valence-corrected chi connectivity index (χ3v) is 3.98. The zero-order valence-corrected chi connectivity index (χ0v) is 13.0. The van der Waals surface area contributed by atoms with Gasteiger partial charge in [-0.15, -0.1) is 0 Å². The van der Waals surface area contributed by atoms with Crippen LogP contribution in [0.25, 0.3) is 10.8 Å².